The number of nitrogens with zero attached hydrogens (tertiary/aromatic N) is 4. The van der Waals surface area contributed by atoms with Gasteiger partial charge in [0, 0.05) is 51.2 Å². The standard InChI is InChI=1S/C11H20N4O3S2/c1-18-9-4-10-12-11(19-13-10)14-5-3-6-15(8-7-14)20(2,16)17/h3-9H2,1-2H3. The summed E-state index contributed by atoms with van der Waals surface area (Å²) in [5.41, 5.74) is 0. The van der Waals surface area contributed by atoms with Crippen molar-refractivity contribution < 1.29 is 13.2 Å². The van der Waals surface area contributed by atoms with Crippen molar-refractivity contribution in [2.24, 2.45) is 0 Å². The first kappa shape index (κ1) is 15.6. The van der Waals surface area contributed by atoms with Crippen molar-refractivity contribution in [1.29, 1.82) is 0 Å². The first-order valence-electron chi connectivity index (χ1n) is 6.52. The van der Waals surface area contributed by atoms with Gasteiger partial charge in [-0.3, -0.25) is 0 Å². The molecule has 9 heteroatoms. The fourth-order valence-corrected chi connectivity index (χ4v) is 3.72. The summed E-state index contributed by atoms with van der Waals surface area (Å²) in [7, 11) is -1.45. The lowest BCUT2D eigenvalue weighted by Gasteiger charge is -2.19. The van der Waals surface area contributed by atoms with Crippen LogP contribution in [0, 0.1) is 0 Å². The summed E-state index contributed by atoms with van der Waals surface area (Å²) in [5, 5.41) is 0.867. The quantitative estimate of drug-likeness (QED) is 0.771. The Bertz CT molecular complexity index is 532. The highest BCUT2D eigenvalue weighted by molar-refractivity contribution is 7.88. The maximum atomic E-state index is 11.6. The highest BCUT2D eigenvalue weighted by Gasteiger charge is 2.22. The highest BCUT2D eigenvalue weighted by Crippen LogP contribution is 2.20. The number of hydrogen-bond donors (Lipinski definition) is 0. The van der Waals surface area contributed by atoms with Crippen LogP contribution in [0.25, 0.3) is 0 Å². The van der Waals surface area contributed by atoms with Crippen LogP contribution in [-0.4, -0.2) is 68.2 Å². The Kier molecular flexibility index (Phi) is 5.30. The molecule has 0 atom stereocenters. The van der Waals surface area contributed by atoms with E-state index in [1.54, 1.807) is 7.11 Å². The van der Waals surface area contributed by atoms with E-state index in [2.05, 4.69) is 14.3 Å². The molecule has 114 valence electrons. The van der Waals surface area contributed by atoms with Crippen LogP contribution in [0.15, 0.2) is 0 Å². The Morgan fingerprint density at radius 1 is 1.30 bits per heavy atom. The van der Waals surface area contributed by atoms with E-state index in [0.29, 0.717) is 32.7 Å². The minimum absolute atomic E-state index is 0.506. The topological polar surface area (TPSA) is 75.6 Å². The molecule has 0 aliphatic carbocycles. The number of hydrogen-bond acceptors (Lipinski definition) is 7. The molecule has 2 heterocycles. The number of ether oxygens (including phenoxy) is 1. The molecule has 0 unspecified atom stereocenters. The van der Waals surface area contributed by atoms with Crippen molar-refractivity contribution in [3.63, 3.8) is 0 Å². The van der Waals surface area contributed by atoms with Crippen molar-refractivity contribution in [1.82, 2.24) is 13.7 Å². The first-order valence-corrected chi connectivity index (χ1v) is 9.14. The molecule has 1 aromatic heterocycles. The third kappa shape index (κ3) is 4.11. The number of anilines is 1. The van der Waals surface area contributed by atoms with Gasteiger partial charge in [-0.1, -0.05) is 0 Å². The second kappa shape index (κ2) is 6.79. The van der Waals surface area contributed by atoms with Gasteiger partial charge in [-0.15, -0.1) is 0 Å². The Morgan fingerprint density at radius 3 is 2.80 bits per heavy atom. The van der Waals surface area contributed by atoms with E-state index in [0.717, 1.165) is 23.9 Å². The SMILES string of the molecule is COCCc1nsc(N2CCCN(S(C)(=O)=O)CC2)n1. The second-order valence-corrected chi connectivity index (χ2v) is 7.45. The molecule has 0 saturated carbocycles. The molecule has 0 aromatic carbocycles. The Balaban J connectivity index is 1.98. The molecule has 0 N–H and O–H groups in total. The fraction of sp³-hybridized carbons (Fsp3) is 0.818. The predicted molar refractivity (Wildman–Crippen MR) is 78.7 cm³/mol. The van der Waals surface area contributed by atoms with Crippen LogP contribution in [0.1, 0.15) is 12.2 Å². The minimum atomic E-state index is -3.10. The number of methoxy groups -OCH3 is 1. The summed E-state index contributed by atoms with van der Waals surface area (Å²) >= 11 is 1.37. The molecular formula is C11H20N4O3S2. The van der Waals surface area contributed by atoms with E-state index >= 15 is 0 Å². The minimum Gasteiger partial charge on any atom is -0.384 e. The summed E-state index contributed by atoms with van der Waals surface area (Å²) in [4.78, 5) is 6.60. The van der Waals surface area contributed by atoms with Crippen molar-refractivity contribution in [3.8, 4) is 0 Å². The van der Waals surface area contributed by atoms with Gasteiger partial charge in [0.1, 0.15) is 5.82 Å². The van der Waals surface area contributed by atoms with E-state index in [9.17, 15) is 8.42 Å². The van der Waals surface area contributed by atoms with Crippen LogP contribution in [0.2, 0.25) is 0 Å². The smallest absolute Gasteiger partial charge is 0.211 e. The summed E-state index contributed by atoms with van der Waals surface area (Å²) in [6, 6.07) is 0. The van der Waals surface area contributed by atoms with Gasteiger partial charge in [-0.25, -0.2) is 17.7 Å². The highest BCUT2D eigenvalue weighted by atomic mass is 32.2. The maximum Gasteiger partial charge on any atom is 0.211 e. The monoisotopic (exact) mass is 320 g/mol. The summed E-state index contributed by atoms with van der Waals surface area (Å²) in [6.07, 6.45) is 2.77. The third-order valence-corrected chi connectivity index (χ3v) is 5.30. The van der Waals surface area contributed by atoms with Gasteiger partial charge in [0.05, 0.1) is 12.9 Å². The van der Waals surface area contributed by atoms with Crippen LogP contribution >= 0.6 is 11.5 Å². The van der Waals surface area contributed by atoms with Crippen LogP contribution in [0.4, 0.5) is 5.13 Å². The Labute approximate surface area is 123 Å². The molecular weight excluding hydrogens is 300 g/mol. The zero-order valence-corrected chi connectivity index (χ0v) is 13.4. The van der Waals surface area contributed by atoms with Crippen molar-refractivity contribution in [3.05, 3.63) is 5.82 Å². The second-order valence-electron chi connectivity index (χ2n) is 4.74. The maximum absolute atomic E-state index is 11.6. The lowest BCUT2D eigenvalue weighted by atomic mass is 10.4. The van der Waals surface area contributed by atoms with Gasteiger partial charge in [-0.2, -0.15) is 4.37 Å². The zero-order chi connectivity index (χ0) is 14.6. The van der Waals surface area contributed by atoms with E-state index in [-0.39, 0.29) is 0 Å². The van der Waals surface area contributed by atoms with Crippen molar-refractivity contribution >= 4 is 26.7 Å². The van der Waals surface area contributed by atoms with Crippen LogP contribution < -0.4 is 4.90 Å². The first-order chi connectivity index (χ1) is 9.50. The Hall–Kier alpha value is -0.770. The predicted octanol–water partition coefficient (Wildman–Crippen LogP) is 0.199. The molecule has 0 bridgehead atoms. The Morgan fingerprint density at radius 2 is 2.10 bits per heavy atom. The normalized spacial score (nSPS) is 18.2. The van der Waals surface area contributed by atoms with E-state index in [1.165, 1.54) is 22.1 Å². The molecule has 2 rings (SSSR count). The van der Waals surface area contributed by atoms with Crippen LogP contribution in [0.3, 0.4) is 0 Å². The molecule has 1 aromatic rings. The van der Waals surface area contributed by atoms with Gasteiger partial charge in [0.25, 0.3) is 0 Å². The van der Waals surface area contributed by atoms with Crippen molar-refractivity contribution in [2.45, 2.75) is 12.8 Å². The largest absolute Gasteiger partial charge is 0.384 e. The summed E-state index contributed by atoms with van der Waals surface area (Å²) in [6.45, 7) is 3.16. The van der Waals surface area contributed by atoms with E-state index < -0.39 is 10.0 Å². The van der Waals surface area contributed by atoms with Gasteiger partial charge in [0.2, 0.25) is 15.2 Å². The zero-order valence-electron chi connectivity index (χ0n) is 11.8. The summed E-state index contributed by atoms with van der Waals surface area (Å²) in [5.74, 6) is 0.788. The molecule has 0 amide bonds. The van der Waals surface area contributed by atoms with E-state index in [1.807, 2.05) is 0 Å². The molecule has 1 fully saturated rings. The average molecular weight is 320 g/mol. The molecule has 7 nitrogen and oxygen atoms in total. The molecule has 0 spiro atoms. The van der Waals surface area contributed by atoms with E-state index in [4.69, 9.17) is 4.74 Å². The van der Waals surface area contributed by atoms with Gasteiger partial charge < -0.3 is 9.64 Å². The third-order valence-electron chi connectivity index (χ3n) is 3.18. The number of rotatable bonds is 5. The van der Waals surface area contributed by atoms with Crippen LogP contribution in [-0.2, 0) is 21.2 Å². The van der Waals surface area contributed by atoms with Crippen molar-refractivity contribution in [2.75, 3.05) is 51.1 Å². The average Bonchev–Trinajstić information content (AvgIpc) is 2.70. The lowest BCUT2D eigenvalue weighted by Crippen LogP contribution is -2.34. The van der Waals surface area contributed by atoms with Gasteiger partial charge in [-0.05, 0) is 6.42 Å². The molecule has 20 heavy (non-hydrogen) atoms. The molecule has 1 aliphatic rings. The van der Waals surface area contributed by atoms with Crippen LogP contribution in [0.5, 0.6) is 0 Å². The number of sulfonamides is 1. The summed E-state index contributed by atoms with van der Waals surface area (Å²) < 4.78 is 34.0. The fourth-order valence-electron chi connectivity index (χ4n) is 2.08. The molecule has 1 aliphatic heterocycles. The van der Waals surface area contributed by atoms with Gasteiger partial charge >= 0.3 is 0 Å². The molecule has 1 saturated heterocycles. The number of aromatic nitrogens is 2. The van der Waals surface area contributed by atoms with Gasteiger partial charge in [0.15, 0.2) is 0 Å². The lowest BCUT2D eigenvalue weighted by molar-refractivity contribution is 0.201. The molecule has 0 radical (unpaired) electrons.